The molecule has 0 radical (unpaired) electrons. The SMILES string of the molecule is O=P(O)(O)Cc1ccc(Br)cc1. The van der Waals surface area contributed by atoms with E-state index in [4.69, 9.17) is 9.79 Å². The Morgan fingerprint density at radius 1 is 1.25 bits per heavy atom. The van der Waals surface area contributed by atoms with Crippen molar-refractivity contribution >= 4 is 23.5 Å². The summed E-state index contributed by atoms with van der Waals surface area (Å²) < 4.78 is 11.5. The Balaban J connectivity index is 2.78. The zero-order chi connectivity index (χ0) is 9.19. The van der Waals surface area contributed by atoms with Gasteiger partial charge in [-0.05, 0) is 17.7 Å². The minimum absolute atomic E-state index is 0.194. The van der Waals surface area contributed by atoms with Crippen molar-refractivity contribution in [1.82, 2.24) is 0 Å². The van der Waals surface area contributed by atoms with Crippen molar-refractivity contribution in [3.63, 3.8) is 0 Å². The van der Waals surface area contributed by atoms with Crippen molar-refractivity contribution in [2.75, 3.05) is 0 Å². The van der Waals surface area contributed by atoms with Gasteiger partial charge in [0.25, 0.3) is 0 Å². The molecule has 3 nitrogen and oxygen atoms in total. The van der Waals surface area contributed by atoms with Crippen LogP contribution >= 0.6 is 23.5 Å². The minimum atomic E-state index is -3.92. The lowest BCUT2D eigenvalue weighted by atomic mass is 10.2. The molecule has 1 aromatic carbocycles. The molecule has 66 valence electrons. The molecule has 0 atom stereocenters. The highest BCUT2D eigenvalue weighted by atomic mass is 79.9. The third kappa shape index (κ3) is 3.50. The van der Waals surface area contributed by atoms with Gasteiger partial charge in [0.15, 0.2) is 0 Å². The Kier molecular flexibility index (Phi) is 3.07. The average Bonchev–Trinajstić information content (AvgIpc) is 1.91. The molecular weight excluding hydrogens is 243 g/mol. The van der Waals surface area contributed by atoms with E-state index in [1.54, 1.807) is 24.3 Å². The Morgan fingerprint density at radius 3 is 2.17 bits per heavy atom. The van der Waals surface area contributed by atoms with Crippen LogP contribution < -0.4 is 0 Å². The molecule has 0 saturated heterocycles. The lowest BCUT2D eigenvalue weighted by Gasteiger charge is -2.02. The average molecular weight is 251 g/mol. The molecule has 2 N–H and O–H groups in total. The summed E-state index contributed by atoms with van der Waals surface area (Å²) in [6.07, 6.45) is -0.194. The summed E-state index contributed by atoms with van der Waals surface area (Å²) in [5.41, 5.74) is 0.645. The van der Waals surface area contributed by atoms with Crippen molar-refractivity contribution < 1.29 is 14.4 Å². The Hall–Kier alpha value is -0.150. The molecule has 12 heavy (non-hydrogen) atoms. The Labute approximate surface area is 78.7 Å². The Morgan fingerprint density at radius 2 is 1.75 bits per heavy atom. The van der Waals surface area contributed by atoms with Gasteiger partial charge in [-0.3, -0.25) is 4.57 Å². The summed E-state index contributed by atoms with van der Waals surface area (Å²) in [4.78, 5) is 17.3. The first-order valence-electron chi connectivity index (χ1n) is 3.26. The van der Waals surface area contributed by atoms with Crippen molar-refractivity contribution in [1.29, 1.82) is 0 Å². The normalized spacial score (nSPS) is 11.6. The van der Waals surface area contributed by atoms with E-state index in [2.05, 4.69) is 15.9 Å². The molecule has 0 unspecified atom stereocenters. The van der Waals surface area contributed by atoms with Gasteiger partial charge in [0.1, 0.15) is 0 Å². The van der Waals surface area contributed by atoms with Crippen LogP contribution in [0.4, 0.5) is 0 Å². The highest BCUT2D eigenvalue weighted by Gasteiger charge is 2.12. The van der Waals surface area contributed by atoms with Crippen LogP contribution in [0.2, 0.25) is 0 Å². The lowest BCUT2D eigenvalue weighted by molar-refractivity contribution is 0.371. The fraction of sp³-hybridized carbons (Fsp3) is 0.143. The number of rotatable bonds is 2. The summed E-state index contributed by atoms with van der Waals surface area (Å²) >= 11 is 3.23. The summed E-state index contributed by atoms with van der Waals surface area (Å²) in [5.74, 6) is 0. The molecule has 5 heteroatoms. The maximum absolute atomic E-state index is 10.6. The predicted molar refractivity (Wildman–Crippen MR) is 49.9 cm³/mol. The molecule has 0 aliphatic carbocycles. The van der Waals surface area contributed by atoms with Crippen molar-refractivity contribution in [3.05, 3.63) is 34.3 Å². The van der Waals surface area contributed by atoms with Gasteiger partial charge in [0, 0.05) is 4.47 Å². The monoisotopic (exact) mass is 250 g/mol. The molecule has 0 heterocycles. The van der Waals surface area contributed by atoms with E-state index in [9.17, 15) is 4.57 Å². The summed E-state index contributed by atoms with van der Waals surface area (Å²) in [7, 11) is -3.92. The summed E-state index contributed by atoms with van der Waals surface area (Å²) in [6, 6.07) is 6.88. The zero-order valence-corrected chi connectivity index (χ0v) is 8.62. The van der Waals surface area contributed by atoms with Crippen LogP contribution in [0, 0.1) is 0 Å². The van der Waals surface area contributed by atoms with Gasteiger partial charge >= 0.3 is 7.60 Å². The largest absolute Gasteiger partial charge is 0.329 e. The number of benzene rings is 1. The lowest BCUT2D eigenvalue weighted by Crippen LogP contribution is -1.85. The predicted octanol–water partition coefficient (Wildman–Crippen LogP) is 2.13. The van der Waals surface area contributed by atoms with Gasteiger partial charge in [-0.1, -0.05) is 28.1 Å². The third-order valence-electron chi connectivity index (χ3n) is 1.30. The fourth-order valence-electron chi connectivity index (χ4n) is 0.828. The molecule has 0 spiro atoms. The molecule has 0 bridgehead atoms. The first kappa shape index (κ1) is 9.93. The highest BCUT2D eigenvalue weighted by Crippen LogP contribution is 2.38. The van der Waals surface area contributed by atoms with E-state index in [0.717, 1.165) is 4.47 Å². The van der Waals surface area contributed by atoms with Gasteiger partial charge < -0.3 is 9.79 Å². The molecule has 0 amide bonds. The smallest absolute Gasteiger partial charge is 0.324 e. The van der Waals surface area contributed by atoms with Gasteiger partial charge in [-0.25, -0.2) is 0 Å². The van der Waals surface area contributed by atoms with Gasteiger partial charge in [0.05, 0.1) is 6.16 Å². The quantitative estimate of drug-likeness (QED) is 0.791. The van der Waals surface area contributed by atoms with E-state index in [1.165, 1.54) is 0 Å². The molecule has 0 fully saturated rings. The van der Waals surface area contributed by atoms with Gasteiger partial charge in [0.2, 0.25) is 0 Å². The van der Waals surface area contributed by atoms with E-state index >= 15 is 0 Å². The minimum Gasteiger partial charge on any atom is -0.324 e. The molecule has 0 saturated carbocycles. The summed E-state index contributed by atoms with van der Waals surface area (Å²) in [6.45, 7) is 0. The van der Waals surface area contributed by atoms with Crippen LogP contribution in [0.1, 0.15) is 5.56 Å². The molecule has 0 aromatic heterocycles. The second-order valence-corrected chi connectivity index (χ2v) is 5.01. The van der Waals surface area contributed by atoms with Crippen LogP contribution in [0.5, 0.6) is 0 Å². The number of hydrogen-bond donors (Lipinski definition) is 2. The van der Waals surface area contributed by atoms with Crippen molar-refractivity contribution in [3.8, 4) is 0 Å². The summed E-state index contributed by atoms with van der Waals surface area (Å²) in [5, 5.41) is 0. The van der Waals surface area contributed by atoms with E-state index in [-0.39, 0.29) is 6.16 Å². The van der Waals surface area contributed by atoms with Crippen LogP contribution in [-0.2, 0) is 10.7 Å². The molecular formula is C7H8BrO3P. The standard InChI is InChI=1S/C7H8BrO3P/c8-7-3-1-6(2-4-7)5-12(9,10)11/h1-4H,5H2,(H2,9,10,11). The maximum Gasteiger partial charge on any atom is 0.329 e. The fourth-order valence-corrected chi connectivity index (χ4v) is 1.78. The maximum atomic E-state index is 10.6. The zero-order valence-electron chi connectivity index (χ0n) is 6.14. The second kappa shape index (κ2) is 3.71. The van der Waals surface area contributed by atoms with E-state index < -0.39 is 7.60 Å². The van der Waals surface area contributed by atoms with Crippen LogP contribution in [0.3, 0.4) is 0 Å². The molecule has 1 rings (SSSR count). The first-order chi connectivity index (χ1) is 5.47. The Bertz CT molecular complexity index is 303. The van der Waals surface area contributed by atoms with Crippen molar-refractivity contribution in [2.45, 2.75) is 6.16 Å². The van der Waals surface area contributed by atoms with Gasteiger partial charge in [-0.15, -0.1) is 0 Å². The van der Waals surface area contributed by atoms with E-state index in [1.807, 2.05) is 0 Å². The molecule has 1 aromatic rings. The topological polar surface area (TPSA) is 57.5 Å². The third-order valence-corrected chi connectivity index (χ3v) is 2.61. The highest BCUT2D eigenvalue weighted by molar-refractivity contribution is 9.10. The number of halogens is 1. The number of hydrogen-bond acceptors (Lipinski definition) is 1. The molecule has 0 aliphatic heterocycles. The molecule has 0 aliphatic rings. The van der Waals surface area contributed by atoms with Crippen LogP contribution in [0.25, 0.3) is 0 Å². The van der Waals surface area contributed by atoms with Crippen LogP contribution in [0.15, 0.2) is 28.7 Å². The van der Waals surface area contributed by atoms with E-state index in [0.29, 0.717) is 5.56 Å². The van der Waals surface area contributed by atoms with Gasteiger partial charge in [-0.2, -0.15) is 0 Å². The van der Waals surface area contributed by atoms with Crippen LogP contribution in [-0.4, -0.2) is 9.79 Å². The van der Waals surface area contributed by atoms with Crippen molar-refractivity contribution in [2.24, 2.45) is 0 Å². The first-order valence-corrected chi connectivity index (χ1v) is 5.85. The second-order valence-electron chi connectivity index (χ2n) is 2.45.